The number of likely N-dealkylation sites (N-methyl/N-ethyl adjacent to an activating group) is 1. The van der Waals surface area contributed by atoms with Gasteiger partial charge in [-0.05, 0) is 89.1 Å². The van der Waals surface area contributed by atoms with Gasteiger partial charge in [0.2, 0.25) is 0 Å². The van der Waals surface area contributed by atoms with Gasteiger partial charge in [-0.3, -0.25) is 9.69 Å². The number of carbonyl (C=O) groups is 2. The molecular weight excluding hydrogens is 496 g/mol. The van der Waals surface area contributed by atoms with Crippen LogP contribution >= 0.6 is 27.7 Å². The molecule has 9 heteroatoms. The number of hydrogen-bond acceptors (Lipinski definition) is 6. The van der Waals surface area contributed by atoms with Crippen LogP contribution in [0.3, 0.4) is 0 Å². The molecule has 0 radical (unpaired) electrons. The molecule has 7 nitrogen and oxygen atoms in total. The van der Waals surface area contributed by atoms with Crippen molar-refractivity contribution in [1.82, 2.24) is 4.90 Å². The first-order valence-corrected chi connectivity index (χ1v) is 11.6. The number of carboxylic acids is 1. The molecule has 1 fully saturated rings. The molecule has 0 bridgehead atoms. The fraction of sp³-hybridized carbons (Fsp3) is 0.261. The van der Waals surface area contributed by atoms with Crippen molar-refractivity contribution < 1.29 is 24.2 Å². The number of carbonyl (C=O) groups excluding carboxylic acids is 1. The van der Waals surface area contributed by atoms with E-state index in [1.54, 1.807) is 25.3 Å². The number of amides is 1. The number of aliphatic imine (C=N–C) groups is 1. The first-order valence-electron chi connectivity index (χ1n) is 10.0. The van der Waals surface area contributed by atoms with Crippen molar-refractivity contribution in [3.05, 3.63) is 56.9 Å². The summed E-state index contributed by atoms with van der Waals surface area (Å²) in [4.78, 5) is 30.3. The second-order valence-corrected chi connectivity index (χ2v) is 8.70. The van der Waals surface area contributed by atoms with Crippen LogP contribution in [0.25, 0.3) is 6.08 Å². The Morgan fingerprint density at radius 3 is 2.56 bits per heavy atom. The zero-order valence-electron chi connectivity index (χ0n) is 17.9. The van der Waals surface area contributed by atoms with Gasteiger partial charge in [-0.15, -0.1) is 0 Å². The highest BCUT2D eigenvalue weighted by Gasteiger charge is 2.30. The van der Waals surface area contributed by atoms with E-state index in [2.05, 4.69) is 20.9 Å². The maximum absolute atomic E-state index is 12.8. The number of aromatic carboxylic acids is 1. The molecule has 2 aromatic rings. The molecule has 0 unspecified atom stereocenters. The van der Waals surface area contributed by atoms with Crippen LogP contribution < -0.4 is 9.47 Å². The predicted octanol–water partition coefficient (Wildman–Crippen LogP) is 5.57. The van der Waals surface area contributed by atoms with Gasteiger partial charge < -0.3 is 14.6 Å². The smallest absolute Gasteiger partial charge is 0.335 e. The molecule has 32 heavy (non-hydrogen) atoms. The van der Waals surface area contributed by atoms with Gasteiger partial charge >= 0.3 is 5.97 Å². The summed E-state index contributed by atoms with van der Waals surface area (Å²) in [6.07, 6.45) is 2.67. The lowest BCUT2D eigenvalue weighted by Crippen LogP contribution is -2.23. The normalized spacial score (nSPS) is 16.1. The molecule has 0 aliphatic carbocycles. The highest BCUT2D eigenvalue weighted by Crippen LogP contribution is 2.39. The van der Waals surface area contributed by atoms with Gasteiger partial charge in [-0.2, -0.15) is 0 Å². The molecule has 1 N–H and O–H groups in total. The molecule has 3 rings (SSSR count). The van der Waals surface area contributed by atoms with Gasteiger partial charge in [-0.25, -0.2) is 9.79 Å². The van der Waals surface area contributed by atoms with Crippen LogP contribution in [0.15, 0.2) is 50.8 Å². The number of thioether (sulfide) groups is 1. The van der Waals surface area contributed by atoms with Crippen LogP contribution in [0.2, 0.25) is 0 Å². The van der Waals surface area contributed by atoms with Crippen LogP contribution in [0.5, 0.6) is 11.5 Å². The zero-order valence-corrected chi connectivity index (χ0v) is 20.3. The average molecular weight is 519 g/mol. The van der Waals surface area contributed by atoms with E-state index in [-0.39, 0.29) is 11.5 Å². The summed E-state index contributed by atoms with van der Waals surface area (Å²) in [5.41, 5.74) is 1.54. The third kappa shape index (κ3) is 5.52. The lowest BCUT2D eigenvalue weighted by Gasteiger charge is -2.14. The molecule has 2 aromatic carbocycles. The third-order valence-electron chi connectivity index (χ3n) is 4.42. The summed E-state index contributed by atoms with van der Waals surface area (Å²) in [5, 5.41) is 9.53. The summed E-state index contributed by atoms with van der Waals surface area (Å²) in [5.74, 6) is 0.0840. The minimum atomic E-state index is -0.999. The summed E-state index contributed by atoms with van der Waals surface area (Å²) in [6.45, 7) is 5.00. The summed E-state index contributed by atoms with van der Waals surface area (Å²) in [6, 6.07) is 9.91. The fourth-order valence-electron chi connectivity index (χ4n) is 2.87. The molecule has 0 saturated carbocycles. The Hall–Kier alpha value is -2.78. The van der Waals surface area contributed by atoms with Gasteiger partial charge in [0.25, 0.3) is 5.91 Å². The van der Waals surface area contributed by atoms with Crippen LogP contribution in [-0.4, -0.2) is 47.3 Å². The molecule has 1 amide bonds. The van der Waals surface area contributed by atoms with Gasteiger partial charge in [0.1, 0.15) is 0 Å². The molecule has 1 aliphatic rings. The topological polar surface area (TPSA) is 88.4 Å². The van der Waals surface area contributed by atoms with Gasteiger partial charge in [0, 0.05) is 7.05 Å². The zero-order chi connectivity index (χ0) is 23.3. The third-order valence-corrected chi connectivity index (χ3v) is 6.07. The van der Waals surface area contributed by atoms with Crippen molar-refractivity contribution in [2.45, 2.75) is 20.3 Å². The van der Waals surface area contributed by atoms with Crippen LogP contribution in [0.1, 0.15) is 36.2 Å². The minimum Gasteiger partial charge on any atom is -0.490 e. The number of ether oxygens (including phenoxy) is 2. The minimum absolute atomic E-state index is 0.170. The Labute approximate surface area is 199 Å². The van der Waals surface area contributed by atoms with Crippen molar-refractivity contribution in [2.75, 3.05) is 20.3 Å². The highest BCUT2D eigenvalue weighted by molar-refractivity contribution is 9.10. The molecule has 1 saturated heterocycles. The van der Waals surface area contributed by atoms with Crippen LogP contribution in [0, 0.1) is 0 Å². The lowest BCUT2D eigenvalue weighted by atomic mass is 10.2. The van der Waals surface area contributed by atoms with Gasteiger partial charge in [0.05, 0.1) is 33.8 Å². The SMILES string of the molecule is CCCOc1c(Br)cc(/C=C2/SC(=Nc3ccc(C(=O)O)cc3)N(C)C2=O)cc1OCC. The Morgan fingerprint density at radius 1 is 1.22 bits per heavy atom. The maximum Gasteiger partial charge on any atom is 0.335 e. The van der Waals surface area contributed by atoms with Crippen molar-refractivity contribution in [2.24, 2.45) is 4.99 Å². The van der Waals surface area contributed by atoms with E-state index in [1.165, 1.54) is 28.8 Å². The number of carboxylic acid groups (broad SMARTS) is 1. The van der Waals surface area contributed by atoms with Crippen molar-refractivity contribution >= 4 is 56.5 Å². The molecule has 0 aromatic heterocycles. The second-order valence-electron chi connectivity index (χ2n) is 6.83. The molecular formula is C23H23BrN2O5S. The Morgan fingerprint density at radius 2 is 1.94 bits per heavy atom. The van der Waals surface area contributed by atoms with Crippen molar-refractivity contribution in [3.8, 4) is 11.5 Å². The fourth-order valence-corrected chi connectivity index (χ4v) is 4.43. The predicted molar refractivity (Wildman–Crippen MR) is 130 cm³/mol. The summed E-state index contributed by atoms with van der Waals surface area (Å²) < 4.78 is 12.3. The number of nitrogens with zero attached hydrogens (tertiary/aromatic N) is 2. The molecule has 0 atom stereocenters. The lowest BCUT2D eigenvalue weighted by molar-refractivity contribution is -0.121. The Balaban J connectivity index is 1.88. The first-order chi connectivity index (χ1) is 15.3. The number of hydrogen-bond donors (Lipinski definition) is 1. The van der Waals surface area contributed by atoms with Crippen molar-refractivity contribution in [1.29, 1.82) is 0 Å². The molecule has 1 aliphatic heterocycles. The Kier molecular flexibility index (Phi) is 7.98. The van der Waals surface area contributed by atoms with E-state index in [4.69, 9.17) is 14.6 Å². The maximum atomic E-state index is 12.8. The van der Waals surface area contributed by atoms with Crippen LogP contribution in [-0.2, 0) is 4.79 Å². The molecule has 168 valence electrons. The quantitative estimate of drug-likeness (QED) is 0.459. The standard InChI is InChI=1S/C23H23BrN2O5S/c1-4-10-31-20-17(24)11-14(12-18(20)30-5-2)13-19-21(27)26(3)23(32-19)25-16-8-6-15(7-9-16)22(28)29/h6-9,11-13H,4-5,10H2,1-3H3,(H,28,29)/b19-13+,25-23?. The number of rotatable bonds is 8. The van der Waals surface area contributed by atoms with Gasteiger partial charge in [0.15, 0.2) is 16.7 Å². The number of benzene rings is 2. The van der Waals surface area contributed by atoms with E-state index >= 15 is 0 Å². The average Bonchev–Trinajstić information content (AvgIpc) is 3.01. The number of amidine groups is 1. The first kappa shape index (κ1) is 23.9. The molecule has 0 spiro atoms. The summed E-state index contributed by atoms with van der Waals surface area (Å²) >= 11 is 4.80. The largest absolute Gasteiger partial charge is 0.490 e. The van der Waals surface area contributed by atoms with Crippen LogP contribution in [0.4, 0.5) is 5.69 Å². The summed E-state index contributed by atoms with van der Waals surface area (Å²) in [7, 11) is 1.66. The van der Waals surface area contributed by atoms with E-state index < -0.39 is 5.97 Å². The second kappa shape index (κ2) is 10.7. The van der Waals surface area contributed by atoms with E-state index in [1.807, 2.05) is 26.0 Å². The van der Waals surface area contributed by atoms with E-state index in [9.17, 15) is 9.59 Å². The monoisotopic (exact) mass is 518 g/mol. The van der Waals surface area contributed by atoms with E-state index in [0.717, 1.165) is 16.5 Å². The van der Waals surface area contributed by atoms with Crippen molar-refractivity contribution in [3.63, 3.8) is 0 Å². The Bertz CT molecular complexity index is 1080. The molecule has 1 heterocycles. The van der Waals surface area contributed by atoms with Gasteiger partial charge in [-0.1, -0.05) is 6.92 Å². The highest BCUT2D eigenvalue weighted by atomic mass is 79.9. The number of halogens is 1. The van der Waals surface area contributed by atoms with E-state index in [0.29, 0.717) is 40.5 Å².